The van der Waals surface area contributed by atoms with E-state index in [9.17, 15) is 0 Å². The molecular weight excluding hydrogens is 1100 g/mol. The first-order valence-electron chi connectivity index (χ1n) is 35.2. The van der Waals surface area contributed by atoms with Crippen LogP contribution in [-0.2, 0) is 28.8 Å². The lowest BCUT2D eigenvalue weighted by Crippen LogP contribution is -2.32. The summed E-state index contributed by atoms with van der Waals surface area (Å²) in [7, 11) is 0. The first-order valence-corrected chi connectivity index (χ1v) is 35.2. The Kier molecular flexibility index (Phi) is 24.4. The molecule has 0 saturated carbocycles. The Bertz CT molecular complexity index is 3060. The standard InChI is InChI=1S/C84H122O6/c1-41(2)57-33-61(45(9)10)73(62(34-57)46(11)12)77-69(53(25)26)81(71(55(29)30)79(87-83(77)85)75-65(49(17)18)37-59(43(5)6)38-66(75)50(19)20)89-90-82-70(54(27)28)78(74-63(47(13)14)35-58(42(3)4)36-64(74)48(15)16)84(86)88-80(72(82)56(31)32)76-67(51(21)22)39-60(44(7)8)40-68(76)52(23)24/h33-56,81-82H,1-32H3. The molecule has 2 aliphatic heterocycles. The van der Waals surface area contributed by atoms with Gasteiger partial charge in [0.05, 0.1) is 11.1 Å². The average molecular weight is 1230 g/mol. The molecule has 6 heteroatoms. The molecule has 0 amide bonds. The van der Waals surface area contributed by atoms with Crippen molar-refractivity contribution in [3.63, 3.8) is 0 Å². The van der Waals surface area contributed by atoms with Gasteiger partial charge in [0, 0.05) is 22.3 Å². The lowest BCUT2D eigenvalue weighted by molar-refractivity contribution is -0.325. The first-order chi connectivity index (χ1) is 41.8. The third-order valence-electron chi connectivity index (χ3n) is 19.2. The van der Waals surface area contributed by atoms with Crippen LogP contribution in [0.4, 0.5) is 0 Å². The van der Waals surface area contributed by atoms with Crippen LogP contribution in [0, 0.1) is 23.7 Å². The van der Waals surface area contributed by atoms with Crippen molar-refractivity contribution in [3.05, 3.63) is 160 Å². The number of benzene rings is 4. The summed E-state index contributed by atoms with van der Waals surface area (Å²) >= 11 is 0. The van der Waals surface area contributed by atoms with Gasteiger partial charge < -0.3 is 9.47 Å². The van der Waals surface area contributed by atoms with E-state index in [1.807, 2.05) is 0 Å². The normalized spacial score (nSPS) is 16.8. The highest BCUT2D eigenvalue weighted by atomic mass is 17.2. The van der Waals surface area contributed by atoms with Gasteiger partial charge in [0.1, 0.15) is 23.7 Å². The number of esters is 2. The SMILES string of the molecule is CC(C)C1=C(c2c(C(C)C)cc(C(C)C)cc2C(C)C)OC(=O)C(c2c(C(C)C)cc(C(C)C)cc2C(C)C)=C(C(C)C)C1OOC1C(C(C)C)=C(c2c(C(C)C)cc(C(C)C)cc2C(C)C)OC(=O)C(c2c(C(C)C)cc(C(C)C)cc2C(C)C)=C1C(C)C. The maximum atomic E-state index is 16.6. The van der Waals surface area contributed by atoms with Gasteiger partial charge in [0.2, 0.25) is 0 Å². The van der Waals surface area contributed by atoms with E-state index in [2.05, 4.69) is 270 Å². The highest BCUT2D eigenvalue weighted by molar-refractivity contribution is 6.22. The van der Waals surface area contributed by atoms with E-state index < -0.39 is 12.2 Å². The molecule has 0 aromatic heterocycles. The zero-order valence-corrected chi connectivity index (χ0v) is 62.5. The quantitative estimate of drug-likeness (QED) is 0.0419. The first kappa shape index (κ1) is 73.7. The molecule has 2 heterocycles. The zero-order valence-electron chi connectivity index (χ0n) is 62.5. The smallest absolute Gasteiger partial charge is 0.344 e. The van der Waals surface area contributed by atoms with Crippen molar-refractivity contribution in [2.45, 2.75) is 305 Å². The van der Waals surface area contributed by atoms with Gasteiger partial charge in [-0.1, -0.05) is 270 Å². The van der Waals surface area contributed by atoms with Crippen molar-refractivity contribution in [2.75, 3.05) is 0 Å². The van der Waals surface area contributed by atoms with Gasteiger partial charge in [-0.2, -0.15) is 0 Å². The zero-order chi connectivity index (χ0) is 67.9. The second kappa shape index (κ2) is 29.8. The molecule has 0 spiro atoms. The minimum Gasteiger partial charge on any atom is -0.422 e. The van der Waals surface area contributed by atoms with E-state index in [0.717, 1.165) is 89.1 Å². The van der Waals surface area contributed by atoms with Crippen LogP contribution in [0.25, 0.3) is 22.7 Å². The van der Waals surface area contributed by atoms with Gasteiger partial charge >= 0.3 is 11.9 Å². The Morgan fingerprint density at radius 2 is 0.422 bits per heavy atom. The Hall–Kier alpha value is -5.30. The van der Waals surface area contributed by atoms with Crippen molar-refractivity contribution in [1.82, 2.24) is 0 Å². The number of hydrogen-bond acceptors (Lipinski definition) is 6. The van der Waals surface area contributed by atoms with Crippen LogP contribution in [0.5, 0.6) is 0 Å². The lowest BCUT2D eigenvalue weighted by Gasteiger charge is -2.34. The van der Waals surface area contributed by atoms with Gasteiger partial charge in [-0.25, -0.2) is 19.4 Å². The van der Waals surface area contributed by atoms with Gasteiger partial charge in [0.25, 0.3) is 0 Å². The summed E-state index contributed by atoms with van der Waals surface area (Å²) in [5, 5.41) is 0. The molecule has 6 rings (SSSR count). The summed E-state index contributed by atoms with van der Waals surface area (Å²) in [6.07, 6.45) is -1.90. The molecular formula is C84H122O6. The monoisotopic (exact) mass is 1230 g/mol. The van der Waals surface area contributed by atoms with Crippen LogP contribution in [0.3, 0.4) is 0 Å². The van der Waals surface area contributed by atoms with Crippen molar-refractivity contribution in [2.24, 2.45) is 23.7 Å². The van der Waals surface area contributed by atoms with Gasteiger partial charge in [0.15, 0.2) is 0 Å². The maximum absolute atomic E-state index is 16.6. The van der Waals surface area contributed by atoms with E-state index in [4.69, 9.17) is 19.2 Å². The van der Waals surface area contributed by atoms with E-state index in [1.54, 1.807) is 0 Å². The van der Waals surface area contributed by atoms with E-state index in [0.29, 0.717) is 22.7 Å². The molecule has 0 fully saturated rings. The van der Waals surface area contributed by atoms with E-state index in [-0.39, 0.29) is 107 Å². The molecule has 2 atom stereocenters. The number of hydrogen-bond donors (Lipinski definition) is 0. The molecule has 2 aliphatic rings. The van der Waals surface area contributed by atoms with Crippen LogP contribution >= 0.6 is 0 Å². The Morgan fingerprint density at radius 1 is 0.244 bits per heavy atom. The summed E-state index contributed by atoms with van der Waals surface area (Å²) in [6, 6.07) is 18.7. The number of carbonyl (C=O) groups excluding carboxylic acids is 2. The number of carbonyl (C=O) groups is 2. The molecule has 0 aliphatic carbocycles. The van der Waals surface area contributed by atoms with Crippen LogP contribution in [0.1, 0.15) is 382 Å². The molecule has 494 valence electrons. The fraction of sp³-hybridized carbons (Fsp3) is 0.595. The topological polar surface area (TPSA) is 71.1 Å². The van der Waals surface area contributed by atoms with Crippen LogP contribution in [-0.4, -0.2) is 24.1 Å². The third kappa shape index (κ3) is 15.0. The largest absolute Gasteiger partial charge is 0.422 e. The number of rotatable bonds is 23. The van der Waals surface area contributed by atoms with Gasteiger partial charge in [-0.3, -0.25) is 0 Å². The minimum absolute atomic E-state index is 0.0596. The third-order valence-corrected chi connectivity index (χ3v) is 19.2. The average Bonchev–Trinajstić information content (AvgIpc) is 1.48. The van der Waals surface area contributed by atoms with Gasteiger partial charge in [-0.05, 0) is 184 Å². The minimum atomic E-state index is -0.949. The van der Waals surface area contributed by atoms with Crippen LogP contribution in [0.15, 0.2) is 70.8 Å². The van der Waals surface area contributed by atoms with Crippen molar-refractivity contribution in [3.8, 4) is 0 Å². The number of cyclic esters (lactones) is 2. The predicted octanol–water partition coefficient (Wildman–Crippen LogP) is 24.6. The Balaban J connectivity index is 1.97. The predicted molar refractivity (Wildman–Crippen MR) is 384 cm³/mol. The highest BCUT2D eigenvalue weighted by Crippen LogP contribution is 2.52. The molecule has 4 aromatic carbocycles. The summed E-state index contributed by atoms with van der Waals surface area (Å²) in [4.78, 5) is 49.0. The Morgan fingerprint density at radius 3 is 0.578 bits per heavy atom. The van der Waals surface area contributed by atoms with E-state index >= 15 is 9.59 Å². The fourth-order valence-electron chi connectivity index (χ4n) is 13.9. The number of ether oxygens (including phenoxy) is 2. The summed E-state index contributed by atoms with van der Waals surface area (Å²) in [5.41, 5.74) is 22.0. The van der Waals surface area contributed by atoms with Crippen molar-refractivity contribution >= 4 is 34.6 Å². The van der Waals surface area contributed by atoms with Crippen molar-refractivity contribution < 1.29 is 28.8 Å². The summed E-state index contributed by atoms with van der Waals surface area (Å²) in [5.74, 6) is 0.990. The van der Waals surface area contributed by atoms with Crippen LogP contribution in [0.2, 0.25) is 0 Å². The second-order valence-corrected chi connectivity index (χ2v) is 31.7. The summed E-state index contributed by atoms with van der Waals surface area (Å²) in [6.45, 7) is 71.6. The molecule has 2 unspecified atom stereocenters. The molecule has 0 radical (unpaired) electrons. The second-order valence-electron chi connectivity index (χ2n) is 31.7. The molecule has 0 bridgehead atoms. The van der Waals surface area contributed by atoms with Crippen LogP contribution < -0.4 is 0 Å². The summed E-state index contributed by atoms with van der Waals surface area (Å²) < 4.78 is 14.9. The Labute approximate surface area is 548 Å². The van der Waals surface area contributed by atoms with Crippen molar-refractivity contribution in [1.29, 1.82) is 0 Å². The lowest BCUT2D eigenvalue weighted by atomic mass is 9.76. The highest BCUT2D eigenvalue weighted by Gasteiger charge is 2.46. The molecule has 0 N–H and O–H groups in total. The van der Waals surface area contributed by atoms with E-state index in [1.165, 1.54) is 22.3 Å². The molecule has 4 aromatic rings. The molecule has 0 saturated heterocycles. The van der Waals surface area contributed by atoms with Gasteiger partial charge in [-0.15, -0.1) is 0 Å². The molecule has 6 nitrogen and oxygen atoms in total. The fourth-order valence-corrected chi connectivity index (χ4v) is 13.9. The maximum Gasteiger partial charge on any atom is 0.344 e. The molecule has 90 heavy (non-hydrogen) atoms.